The average Bonchev–Trinajstić information content (AvgIpc) is 2.34. The van der Waals surface area contributed by atoms with Crippen molar-refractivity contribution in [2.24, 2.45) is 0 Å². The first-order valence-electron chi connectivity index (χ1n) is 5.48. The second-order valence-electron chi connectivity index (χ2n) is 3.51. The molecule has 1 aromatic rings. The Bertz CT molecular complexity index is 401. The first-order valence-corrected chi connectivity index (χ1v) is 5.85. The zero-order chi connectivity index (χ0) is 13.4. The van der Waals surface area contributed by atoms with Crippen LogP contribution in [0.1, 0.15) is 5.56 Å². The van der Waals surface area contributed by atoms with Gasteiger partial charge in [0.1, 0.15) is 0 Å². The molecule has 0 atom stereocenters. The van der Waals surface area contributed by atoms with Crippen LogP contribution < -0.4 is 5.32 Å². The Hall–Kier alpha value is -1.21. The van der Waals surface area contributed by atoms with Crippen molar-refractivity contribution >= 4 is 17.3 Å². The number of aliphatic hydroxyl groups is 1. The lowest BCUT2D eigenvalue weighted by atomic mass is 10.2. The number of aliphatic hydroxyl groups excluding tert-OH is 1. The van der Waals surface area contributed by atoms with Crippen LogP contribution in [0.15, 0.2) is 18.2 Å². The molecule has 0 saturated heterocycles. The quantitative estimate of drug-likeness (QED) is 0.425. The van der Waals surface area contributed by atoms with Crippen LogP contribution >= 0.6 is 11.6 Å². The van der Waals surface area contributed by atoms with Gasteiger partial charge in [-0.2, -0.15) is 0 Å². The first-order chi connectivity index (χ1) is 8.66. The first kappa shape index (κ1) is 14.8. The van der Waals surface area contributed by atoms with E-state index in [1.807, 2.05) is 0 Å². The van der Waals surface area contributed by atoms with E-state index in [-0.39, 0.29) is 18.9 Å². The summed E-state index contributed by atoms with van der Waals surface area (Å²) in [6.07, 6.45) is 0. The molecule has 0 spiro atoms. The number of nitrogens with one attached hydrogen (secondary N) is 1. The summed E-state index contributed by atoms with van der Waals surface area (Å²) >= 11 is 5.93. The molecule has 0 aliphatic rings. The lowest BCUT2D eigenvalue weighted by Gasteiger charge is -2.07. The number of benzene rings is 1. The monoisotopic (exact) mass is 274 g/mol. The normalized spacial score (nSPS) is 10.6. The molecule has 0 fully saturated rings. The van der Waals surface area contributed by atoms with Crippen LogP contribution in [0.5, 0.6) is 0 Å². The smallest absolute Gasteiger partial charge is 0.275 e. The molecule has 0 heterocycles. The SMILES string of the molecule is O=[N+]([O-])c1cccc(Cl)c1CNCCOCCO. The standard InChI is InChI=1S/C11H15ClN2O4/c12-10-2-1-3-11(14(16)17)9(10)8-13-4-6-18-7-5-15/h1-3,13,15H,4-8H2. The number of hydrogen-bond acceptors (Lipinski definition) is 5. The fourth-order valence-electron chi connectivity index (χ4n) is 1.42. The third kappa shape index (κ3) is 4.58. The Labute approximate surface area is 110 Å². The van der Waals surface area contributed by atoms with Crippen molar-refractivity contribution in [3.8, 4) is 0 Å². The van der Waals surface area contributed by atoms with Crippen LogP contribution in [0.25, 0.3) is 0 Å². The molecule has 6 nitrogen and oxygen atoms in total. The van der Waals surface area contributed by atoms with Gasteiger partial charge in [0.15, 0.2) is 0 Å². The summed E-state index contributed by atoms with van der Waals surface area (Å²) in [6.45, 7) is 1.53. The molecule has 100 valence electrons. The summed E-state index contributed by atoms with van der Waals surface area (Å²) in [7, 11) is 0. The van der Waals surface area contributed by atoms with Crippen LogP contribution in [0.2, 0.25) is 5.02 Å². The van der Waals surface area contributed by atoms with Crippen molar-refractivity contribution in [2.75, 3.05) is 26.4 Å². The highest BCUT2D eigenvalue weighted by molar-refractivity contribution is 6.31. The summed E-state index contributed by atoms with van der Waals surface area (Å²) in [5.74, 6) is 0. The van der Waals surface area contributed by atoms with Crippen LogP contribution in [-0.4, -0.2) is 36.4 Å². The Balaban J connectivity index is 2.48. The molecule has 0 aromatic heterocycles. The molecule has 0 aliphatic heterocycles. The number of ether oxygens (including phenoxy) is 1. The summed E-state index contributed by atoms with van der Waals surface area (Å²) in [5.41, 5.74) is 0.470. The number of halogens is 1. The molecule has 1 rings (SSSR count). The zero-order valence-electron chi connectivity index (χ0n) is 9.76. The average molecular weight is 275 g/mol. The minimum absolute atomic E-state index is 0.00581. The molecule has 0 radical (unpaired) electrons. The predicted molar refractivity (Wildman–Crippen MR) is 67.7 cm³/mol. The number of nitro groups is 1. The fraction of sp³-hybridized carbons (Fsp3) is 0.455. The highest BCUT2D eigenvalue weighted by atomic mass is 35.5. The van der Waals surface area contributed by atoms with E-state index in [4.69, 9.17) is 21.4 Å². The Morgan fingerprint density at radius 1 is 1.44 bits per heavy atom. The van der Waals surface area contributed by atoms with Gasteiger partial charge >= 0.3 is 0 Å². The van der Waals surface area contributed by atoms with Crippen molar-refractivity contribution in [1.29, 1.82) is 0 Å². The number of rotatable bonds is 8. The van der Waals surface area contributed by atoms with E-state index in [1.165, 1.54) is 6.07 Å². The fourth-order valence-corrected chi connectivity index (χ4v) is 1.65. The van der Waals surface area contributed by atoms with Crippen LogP contribution in [0.4, 0.5) is 5.69 Å². The van der Waals surface area contributed by atoms with Crippen molar-refractivity contribution in [3.05, 3.63) is 38.9 Å². The van der Waals surface area contributed by atoms with E-state index in [0.717, 1.165) is 0 Å². The van der Waals surface area contributed by atoms with E-state index in [9.17, 15) is 10.1 Å². The zero-order valence-corrected chi connectivity index (χ0v) is 10.5. The molecule has 0 bridgehead atoms. The van der Waals surface area contributed by atoms with Gasteiger partial charge in [0.25, 0.3) is 5.69 Å². The van der Waals surface area contributed by atoms with Gasteiger partial charge in [0.2, 0.25) is 0 Å². The Morgan fingerprint density at radius 2 is 2.22 bits per heavy atom. The summed E-state index contributed by atoms with van der Waals surface area (Å²) in [5, 5.41) is 22.7. The maximum Gasteiger partial charge on any atom is 0.275 e. The molecule has 1 aromatic carbocycles. The van der Waals surface area contributed by atoms with Crippen molar-refractivity contribution in [3.63, 3.8) is 0 Å². The van der Waals surface area contributed by atoms with Gasteiger partial charge < -0.3 is 15.2 Å². The third-order valence-electron chi connectivity index (χ3n) is 2.25. The van der Waals surface area contributed by atoms with E-state index >= 15 is 0 Å². The molecule has 0 unspecified atom stereocenters. The molecule has 18 heavy (non-hydrogen) atoms. The lowest BCUT2D eigenvalue weighted by Crippen LogP contribution is -2.20. The van der Waals surface area contributed by atoms with E-state index in [2.05, 4.69) is 5.32 Å². The molecular weight excluding hydrogens is 260 g/mol. The molecular formula is C11H15ClN2O4. The number of nitro benzene ring substituents is 1. The Kier molecular flexibility index (Phi) is 6.59. The molecule has 0 amide bonds. The summed E-state index contributed by atoms with van der Waals surface area (Å²) in [6, 6.07) is 4.59. The maximum atomic E-state index is 10.8. The molecule has 7 heteroatoms. The highest BCUT2D eigenvalue weighted by Crippen LogP contribution is 2.25. The van der Waals surface area contributed by atoms with Crippen LogP contribution in [0, 0.1) is 10.1 Å². The van der Waals surface area contributed by atoms with Gasteiger partial charge in [0, 0.05) is 19.2 Å². The van der Waals surface area contributed by atoms with Crippen LogP contribution in [-0.2, 0) is 11.3 Å². The second-order valence-corrected chi connectivity index (χ2v) is 3.91. The highest BCUT2D eigenvalue weighted by Gasteiger charge is 2.15. The van der Waals surface area contributed by atoms with Gasteiger partial charge in [0.05, 0.1) is 35.3 Å². The largest absolute Gasteiger partial charge is 0.394 e. The van der Waals surface area contributed by atoms with Gasteiger partial charge in [-0.05, 0) is 6.07 Å². The van der Waals surface area contributed by atoms with Crippen molar-refractivity contribution in [1.82, 2.24) is 5.32 Å². The number of hydrogen-bond donors (Lipinski definition) is 2. The van der Waals surface area contributed by atoms with Crippen molar-refractivity contribution < 1.29 is 14.8 Å². The van der Waals surface area contributed by atoms with Crippen LogP contribution in [0.3, 0.4) is 0 Å². The minimum atomic E-state index is -0.453. The van der Waals surface area contributed by atoms with Gasteiger partial charge in [-0.25, -0.2) is 0 Å². The second kappa shape index (κ2) is 7.99. The van der Waals surface area contributed by atoms with Gasteiger partial charge in [-0.15, -0.1) is 0 Å². The number of nitrogens with zero attached hydrogens (tertiary/aromatic N) is 1. The third-order valence-corrected chi connectivity index (χ3v) is 2.61. The maximum absolute atomic E-state index is 10.8. The predicted octanol–water partition coefficient (Wildman–Crippen LogP) is 1.35. The molecule has 0 saturated carbocycles. The lowest BCUT2D eigenvalue weighted by molar-refractivity contribution is -0.385. The molecule has 0 aliphatic carbocycles. The Morgan fingerprint density at radius 3 is 2.89 bits per heavy atom. The van der Waals surface area contributed by atoms with E-state index in [1.54, 1.807) is 12.1 Å². The minimum Gasteiger partial charge on any atom is -0.394 e. The van der Waals surface area contributed by atoms with Crippen molar-refractivity contribution in [2.45, 2.75) is 6.54 Å². The topological polar surface area (TPSA) is 84.6 Å². The molecule has 2 N–H and O–H groups in total. The van der Waals surface area contributed by atoms with Gasteiger partial charge in [-0.3, -0.25) is 10.1 Å². The van der Waals surface area contributed by atoms with E-state index in [0.29, 0.717) is 30.3 Å². The summed E-state index contributed by atoms with van der Waals surface area (Å²) in [4.78, 5) is 10.4. The van der Waals surface area contributed by atoms with E-state index < -0.39 is 4.92 Å². The summed E-state index contributed by atoms with van der Waals surface area (Å²) < 4.78 is 5.05. The van der Waals surface area contributed by atoms with Gasteiger partial charge in [-0.1, -0.05) is 17.7 Å².